The third-order valence-electron chi connectivity index (χ3n) is 4.74. The highest BCUT2D eigenvalue weighted by molar-refractivity contribution is 7.94. The summed E-state index contributed by atoms with van der Waals surface area (Å²) >= 11 is 0. The highest BCUT2D eigenvalue weighted by Gasteiger charge is 2.37. The van der Waals surface area contributed by atoms with Gasteiger partial charge >= 0.3 is 0 Å². The number of amides is 1. The first-order valence-corrected chi connectivity index (χ1v) is 12.0. The highest BCUT2D eigenvalue weighted by atomic mass is 32.2. The number of sulfonamides is 2. The topological polar surface area (TPSA) is 117 Å². The largest absolute Gasteiger partial charge is 0.468 e. The smallest absolute Gasteiger partial charge is 0.242 e. The summed E-state index contributed by atoms with van der Waals surface area (Å²) in [5.74, 6) is -0.249. The molecule has 0 spiro atoms. The monoisotopic (exact) mass is 441 g/mol. The SMILES string of the molecule is Cc1ccc(N2C(=O)CCS2(=O)=O)cc1S(=O)(=O)NCC(c1ccco1)N(C)C. The summed E-state index contributed by atoms with van der Waals surface area (Å²) < 4.78 is 58.8. The molecule has 1 atom stereocenters. The molecule has 1 unspecified atom stereocenters. The van der Waals surface area contributed by atoms with Crippen molar-refractivity contribution in [2.45, 2.75) is 24.3 Å². The van der Waals surface area contributed by atoms with E-state index in [0.29, 0.717) is 15.6 Å². The number of hydrogen-bond donors (Lipinski definition) is 1. The predicted octanol–water partition coefficient (Wildman–Crippen LogP) is 1.24. The normalized spacial score (nSPS) is 17.8. The Morgan fingerprint density at radius 1 is 1.28 bits per heavy atom. The Bertz CT molecular complexity index is 1110. The summed E-state index contributed by atoms with van der Waals surface area (Å²) in [5.41, 5.74) is 0.457. The van der Waals surface area contributed by atoms with Gasteiger partial charge in [-0.3, -0.25) is 9.69 Å². The molecule has 0 bridgehead atoms. The van der Waals surface area contributed by atoms with E-state index in [2.05, 4.69) is 4.72 Å². The molecule has 0 aliphatic carbocycles. The van der Waals surface area contributed by atoms with Crippen LogP contribution in [0.1, 0.15) is 23.8 Å². The Hall–Kier alpha value is -2.21. The number of carbonyl (C=O) groups excluding carboxylic acids is 1. The molecule has 0 saturated carbocycles. The Morgan fingerprint density at radius 2 is 2.00 bits per heavy atom. The maximum absolute atomic E-state index is 12.9. The van der Waals surface area contributed by atoms with Crippen molar-refractivity contribution < 1.29 is 26.0 Å². The van der Waals surface area contributed by atoms with Crippen LogP contribution in [0.3, 0.4) is 0 Å². The number of furan rings is 1. The van der Waals surface area contributed by atoms with Crippen LogP contribution in [0.2, 0.25) is 0 Å². The molecule has 29 heavy (non-hydrogen) atoms. The molecular formula is C18H23N3O6S2. The second-order valence-electron chi connectivity index (χ2n) is 7.02. The van der Waals surface area contributed by atoms with Gasteiger partial charge in [-0.1, -0.05) is 6.07 Å². The second-order valence-corrected chi connectivity index (χ2v) is 10.7. The molecule has 1 saturated heterocycles. The second kappa shape index (κ2) is 7.90. The molecule has 1 N–H and O–H groups in total. The van der Waals surface area contributed by atoms with Crippen molar-refractivity contribution in [1.82, 2.24) is 9.62 Å². The van der Waals surface area contributed by atoms with Crippen LogP contribution in [0.25, 0.3) is 0 Å². The first-order valence-electron chi connectivity index (χ1n) is 8.89. The standard InChI is InChI=1S/C18H23N3O6S2/c1-13-6-7-14(21-18(22)8-10-28(21,23)24)11-17(13)29(25,26)19-12-15(20(2)3)16-5-4-9-27-16/h4-7,9,11,15,19H,8,10,12H2,1-3H3. The van der Waals surface area contributed by atoms with Crippen LogP contribution in [0.5, 0.6) is 0 Å². The molecule has 9 nitrogen and oxygen atoms in total. The van der Waals surface area contributed by atoms with E-state index >= 15 is 0 Å². The molecule has 2 aromatic rings. The molecule has 1 amide bonds. The Morgan fingerprint density at radius 3 is 2.55 bits per heavy atom. The van der Waals surface area contributed by atoms with Crippen molar-refractivity contribution in [1.29, 1.82) is 0 Å². The van der Waals surface area contributed by atoms with E-state index in [1.165, 1.54) is 24.5 Å². The fourth-order valence-electron chi connectivity index (χ4n) is 3.16. The van der Waals surface area contributed by atoms with E-state index in [-0.39, 0.29) is 35.3 Å². The maximum atomic E-state index is 12.9. The Kier molecular flexibility index (Phi) is 5.86. The number of benzene rings is 1. The van der Waals surface area contributed by atoms with E-state index in [0.717, 1.165) is 0 Å². The lowest BCUT2D eigenvalue weighted by atomic mass is 10.2. The van der Waals surface area contributed by atoms with Crippen molar-refractivity contribution in [2.24, 2.45) is 0 Å². The van der Waals surface area contributed by atoms with E-state index in [1.807, 2.05) is 4.90 Å². The van der Waals surface area contributed by atoms with Gasteiger partial charge in [-0.25, -0.2) is 25.9 Å². The number of likely N-dealkylation sites (N-methyl/N-ethyl adjacent to an activating group) is 1. The number of anilines is 1. The molecule has 1 fully saturated rings. The van der Waals surface area contributed by atoms with Gasteiger partial charge in [0.1, 0.15) is 5.76 Å². The van der Waals surface area contributed by atoms with Crippen LogP contribution in [0, 0.1) is 6.92 Å². The third-order valence-corrected chi connectivity index (χ3v) is 7.99. The predicted molar refractivity (Wildman–Crippen MR) is 107 cm³/mol. The van der Waals surface area contributed by atoms with Crippen LogP contribution in [-0.4, -0.2) is 54.0 Å². The van der Waals surface area contributed by atoms with Gasteiger partial charge in [0.05, 0.1) is 28.6 Å². The minimum absolute atomic E-state index is 0.0219. The van der Waals surface area contributed by atoms with Crippen LogP contribution in [0.15, 0.2) is 45.9 Å². The fraction of sp³-hybridized carbons (Fsp3) is 0.389. The number of rotatable bonds is 7. The van der Waals surface area contributed by atoms with E-state index in [4.69, 9.17) is 4.42 Å². The number of carbonyl (C=O) groups is 1. The lowest BCUT2D eigenvalue weighted by molar-refractivity contribution is -0.116. The molecule has 11 heteroatoms. The van der Waals surface area contributed by atoms with Crippen LogP contribution in [0.4, 0.5) is 5.69 Å². The summed E-state index contributed by atoms with van der Waals surface area (Å²) in [6.07, 6.45) is 1.39. The average Bonchev–Trinajstić information content (AvgIpc) is 3.24. The molecule has 3 rings (SSSR count). The summed E-state index contributed by atoms with van der Waals surface area (Å²) in [6, 6.07) is 7.29. The number of hydrogen-bond acceptors (Lipinski definition) is 7. The van der Waals surface area contributed by atoms with Gasteiger partial charge in [-0.05, 0) is 50.8 Å². The quantitative estimate of drug-likeness (QED) is 0.687. The van der Waals surface area contributed by atoms with Crippen molar-refractivity contribution in [3.63, 3.8) is 0 Å². The van der Waals surface area contributed by atoms with Gasteiger partial charge in [0.15, 0.2) is 0 Å². The summed E-state index contributed by atoms with van der Waals surface area (Å²) in [7, 11) is -4.14. The van der Waals surface area contributed by atoms with Gasteiger partial charge in [0, 0.05) is 13.0 Å². The zero-order valence-corrected chi connectivity index (χ0v) is 18.0. The van der Waals surface area contributed by atoms with Crippen molar-refractivity contribution in [2.75, 3.05) is 30.7 Å². The first-order chi connectivity index (χ1) is 13.5. The summed E-state index contributed by atoms with van der Waals surface area (Å²) in [4.78, 5) is 13.8. The maximum Gasteiger partial charge on any atom is 0.242 e. The van der Waals surface area contributed by atoms with Gasteiger partial charge in [0.25, 0.3) is 0 Å². The van der Waals surface area contributed by atoms with Gasteiger partial charge in [0.2, 0.25) is 26.0 Å². The van der Waals surface area contributed by atoms with Crippen LogP contribution < -0.4 is 9.03 Å². The lowest BCUT2D eigenvalue weighted by Gasteiger charge is -2.23. The van der Waals surface area contributed by atoms with Crippen molar-refractivity contribution in [3.05, 3.63) is 47.9 Å². The molecule has 158 valence electrons. The van der Waals surface area contributed by atoms with Crippen molar-refractivity contribution >= 4 is 31.6 Å². The molecule has 1 aliphatic rings. The van der Waals surface area contributed by atoms with E-state index < -0.39 is 26.0 Å². The van der Waals surface area contributed by atoms with E-state index in [1.54, 1.807) is 33.2 Å². The minimum Gasteiger partial charge on any atom is -0.468 e. The third kappa shape index (κ3) is 4.37. The first kappa shape index (κ1) is 21.5. The Labute approximate surface area is 170 Å². The highest BCUT2D eigenvalue weighted by Crippen LogP contribution is 2.29. The molecular weight excluding hydrogens is 418 g/mol. The molecule has 1 aromatic carbocycles. The molecule has 2 heterocycles. The fourth-order valence-corrected chi connectivity index (χ4v) is 5.91. The molecule has 1 aromatic heterocycles. The van der Waals surface area contributed by atoms with Crippen LogP contribution >= 0.6 is 0 Å². The van der Waals surface area contributed by atoms with Crippen LogP contribution in [-0.2, 0) is 24.8 Å². The zero-order chi connectivity index (χ0) is 21.4. The van der Waals surface area contributed by atoms with Gasteiger partial charge in [-0.15, -0.1) is 0 Å². The average molecular weight is 442 g/mol. The van der Waals surface area contributed by atoms with Gasteiger partial charge < -0.3 is 4.42 Å². The number of nitrogens with zero attached hydrogens (tertiary/aromatic N) is 2. The molecule has 0 radical (unpaired) electrons. The minimum atomic E-state index is -3.97. The van der Waals surface area contributed by atoms with Gasteiger partial charge in [-0.2, -0.15) is 0 Å². The number of nitrogens with one attached hydrogen (secondary N) is 1. The van der Waals surface area contributed by atoms with Crippen molar-refractivity contribution in [3.8, 4) is 0 Å². The zero-order valence-electron chi connectivity index (χ0n) is 16.3. The Balaban J connectivity index is 1.90. The lowest BCUT2D eigenvalue weighted by Crippen LogP contribution is -2.35. The van der Waals surface area contributed by atoms with E-state index in [9.17, 15) is 21.6 Å². The number of aryl methyl sites for hydroxylation is 1. The summed E-state index contributed by atoms with van der Waals surface area (Å²) in [5, 5.41) is 0. The summed E-state index contributed by atoms with van der Waals surface area (Å²) in [6.45, 7) is 1.65. The molecule has 1 aliphatic heterocycles.